The maximum Gasteiger partial charge on any atom is 0.382 e. The van der Waals surface area contributed by atoms with Gasteiger partial charge in [0.05, 0.1) is 19.4 Å². The number of amides is 2. The van der Waals surface area contributed by atoms with E-state index < -0.39 is 54.9 Å². The van der Waals surface area contributed by atoms with Gasteiger partial charge in [-0.15, -0.1) is 0 Å². The number of urea groups is 1. The molecule has 2 aliphatic heterocycles. The van der Waals surface area contributed by atoms with Gasteiger partial charge in [0.1, 0.15) is 5.75 Å². The maximum absolute atomic E-state index is 14.1. The molecule has 2 atom stereocenters. The van der Waals surface area contributed by atoms with Gasteiger partial charge in [0.15, 0.2) is 12.2 Å². The highest BCUT2D eigenvalue weighted by Gasteiger charge is 2.59. The Kier molecular flexibility index (Phi) is 10.7. The summed E-state index contributed by atoms with van der Waals surface area (Å²) >= 11 is 0. The van der Waals surface area contributed by atoms with Crippen molar-refractivity contribution in [3.8, 4) is 5.75 Å². The highest BCUT2D eigenvalue weighted by atomic mass is 16.8. The van der Waals surface area contributed by atoms with Crippen molar-refractivity contribution >= 4 is 23.9 Å². The van der Waals surface area contributed by atoms with Crippen LogP contribution >= 0.6 is 0 Å². The zero-order valence-electron chi connectivity index (χ0n) is 23.7. The van der Waals surface area contributed by atoms with Crippen molar-refractivity contribution in [1.29, 1.82) is 0 Å². The van der Waals surface area contributed by atoms with Gasteiger partial charge in [0, 0.05) is 19.6 Å². The van der Waals surface area contributed by atoms with Crippen molar-refractivity contribution in [2.45, 2.75) is 52.0 Å². The SMILES string of the molecule is CCN(CC)CCN1OC(=O)CC2(O)CC(=O)OC(COc3ccccc3)(OC2=O)N(CCN(CC)CC)C1=O. The van der Waals surface area contributed by atoms with Crippen LogP contribution < -0.4 is 4.74 Å². The molecule has 40 heavy (non-hydrogen) atoms. The highest BCUT2D eigenvalue weighted by Crippen LogP contribution is 2.34. The zero-order chi connectivity index (χ0) is 29.3. The van der Waals surface area contributed by atoms with Crippen LogP contribution in [0.25, 0.3) is 0 Å². The molecule has 2 unspecified atom stereocenters. The Balaban J connectivity index is 2.10. The third-order valence-electron chi connectivity index (χ3n) is 7.06. The van der Waals surface area contributed by atoms with E-state index >= 15 is 0 Å². The topological polar surface area (TPSA) is 138 Å². The number of para-hydroxylation sites is 1. The van der Waals surface area contributed by atoms with E-state index in [0.717, 1.165) is 9.96 Å². The maximum atomic E-state index is 14.1. The van der Waals surface area contributed by atoms with Gasteiger partial charge in [0.2, 0.25) is 0 Å². The van der Waals surface area contributed by atoms with Crippen LogP contribution in [-0.2, 0) is 28.7 Å². The minimum Gasteiger partial charge on any atom is -0.483 e. The van der Waals surface area contributed by atoms with Gasteiger partial charge >= 0.3 is 29.9 Å². The molecule has 2 bridgehead atoms. The standard InChI is InChI=1S/C27H40N4O9/c1-5-28(6-2)14-16-30-25(35)31(17-15-29(7-3)8-4)40-23(33)19-26(36)18-22(32)38-27(30,39-24(26)34)20-37-21-12-10-9-11-13-21/h9-13,36H,5-8,14-20H2,1-4H3. The lowest BCUT2D eigenvalue weighted by molar-refractivity contribution is -0.290. The third kappa shape index (κ3) is 7.40. The van der Waals surface area contributed by atoms with E-state index in [4.69, 9.17) is 19.0 Å². The number of benzene rings is 1. The monoisotopic (exact) mass is 564 g/mol. The van der Waals surface area contributed by atoms with Crippen molar-refractivity contribution in [3.05, 3.63) is 30.3 Å². The Bertz CT molecular complexity index is 1030. The number of carbonyl (C=O) groups excluding carboxylic acids is 4. The lowest BCUT2D eigenvalue weighted by Gasteiger charge is -2.42. The van der Waals surface area contributed by atoms with Gasteiger partial charge in [-0.25, -0.2) is 19.3 Å². The lowest BCUT2D eigenvalue weighted by atomic mass is 9.96. The summed E-state index contributed by atoms with van der Waals surface area (Å²) in [7, 11) is 0. The van der Waals surface area contributed by atoms with Gasteiger partial charge in [-0.2, -0.15) is 5.06 Å². The highest BCUT2D eigenvalue weighted by molar-refractivity contribution is 5.92. The number of fused-ring (bicyclic) bond motifs is 3. The predicted octanol–water partition coefficient (Wildman–Crippen LogP) is 1.21. The van der Waals surface area contributed by atoms with E-state index in [1.54, 1.807) is 30.3 Å². The van der Waals surface area contributed by atoms with Crippen LogP contribution in [0.2, 0.25) is 0 Å². The van der Waals surface area contributed by atoms with E-state index in [2.05, 4.69) is 0 Å². The number of esters is 2. The summed E-state index contributed by atoms with van der Waals surface area (Å²) in [5, 5.41) is 12.0. The number of nitrogens with zero attached hydrogens (tertiary/aromatic N) is 4. The Hall–Kier alpha value is -3.42. The fourth-order valence-corrected chi connectivity index (χ4v) is 4.53. The van der Waals surface area contributed by atoms with Gasteiger partial charge in [0.25, 0.3) is 0 Å². The summed E-state index contributed by atoms with van der Waals surface area (Å²) in [6.07, 6.45) is -1.78. The minimum absolute atomic E-state index is 0.0238. The average Bonchev–Trinajstić information content (AvgIpc) is 3.03. The number of hydrogen-bond acceptors (Lipinski definition) is 11. The quantitative estimate of drug-likeness (QED) is 0.346. The van der Waals surface area contributed by atoms with Crippen LogP contribution in [0.3, 0.4) is 0 Å². The molecule has 13 nitrogen and oxygen atoms in total. The summed E-state index contributed by atoms with van der Waals surface area (Å²) in [6, 6.07) is 7.66. The fraction of sp³-hybridized carbons (Fsp3) is 0.630. The van der Waals surface area contributed by atoms with Crippen LogP contribution in [0.15, 0.2) is 30.3 Å². The number of carbonyl (C=O) groups is 4. The van der Waals surface area contributed by atoms with Gasteiger partial charge < -0.3 is 34.0 Å². The van der Waals surface area contributed by atoms with Crippen LogP contribution in [0.1, 0.15) is 40.5 Å². The predicted molar refractivity (Wildman–Crippen MR) is 142 cm³/mol. The van der Waals surface area contributed by atoms with Crippen LogP contribution in [0.4, 0.5) is 4.79 Å². The van der Waals surface area contributed by atoms with Crippen molar-refractivity contribution < 1.29 is 43.3 Å². The third-order valence-corrected chi connectivity index (χ3v) is 7.06. The van der Waals surface area contributed by atoms with E-state index in [-0.39, 0.29) is 13.1 Å². The Labute approximate surface area is 234 Å². The molecule has 222 valence electrons. The summed E-state index contributed by atoms with van der Waals surface area (Å²) < 4.78 is 17.2. The molecular weight excluding hydrogens is 524 g/mol. The molecule has 1 N–H and O–H groups in total. The minimum atomic E-state index is -2.56. The van der Waals surface area contributed by atoms with E-state index in [1.807, 2.05) is 37.5 Å². The number of hydroxylamine groups is 2. The second kappa shape index (κ2) is 13.8. The second-order valence-electron chi connectivity index (χ2n) is 9.62. The molecule has 2 heterocycles. The van der Waals surface area contributed by atoms with Gasteiger partial charge in [-0.3, -0.25) is 4.79 Å². The molecule has 1 aromatic carbocycles. The summed E-state index contributed by atoms with van der Waals surface area (Å²) in [5.41, 5.74) is -2.56. The Morgan fingerprint density at radius 3 is 2.02 bits per heavy atom. The number of rotatable bonds is 13. The van der Waals surface area contributed by atoms with Crippen molar-refractivity contribution in [2.75, 3.05) is 59.0 Å². The van der Waals surface area contributed by atoms with Gasteiger partial charge in [-0.05, 0) is 38.3 Å². The molecule has 2 aliphatic rings. The lowest BCUT2D eigenvalue weighted by Crippen LogP contribution is -2.65. The van der Waals surface area contributed by atoms with E-state index in [1.165, 1.54) is 0 Å². The Morgan fingerprint density at radius 2 is 1.43 bits per heavy atom. The summed E-state index contributed by atoms with van der Waals surface area (Å²) in [5.74, 6) is -5.45. The molecule has 0 radical (unpaired) electrons. The molecule has 0 aromatic heterocycles. The average molecular weight is 565 g/mol. The number of aliphatic hydroxyl groups is 1. The number of likely N-dealkylation sites (N-methyl/N-ethyl adjacent to an activating group) is 2. The van der Waals surface area contributed by atoms with Crippen molar-refractivity contribution in [1.82, 2.24) is 19.8 Å². The molecule has 1 aromatic rings. The van der Waals surface area contributed by atoms with Gasteiger partial charge in [-0.1, -0.05) is 45.9 Å². The van der Waals surface area contributed by atoms with Crippen LogP contribution in [0.5, 0.6) is 5.75 Å². The molecule has 2 saturated heterocycles. The fourth-order valence-electron chi connectivity index (χ4n) is 4.53. The number of ether oxygens (including phenoxy) is 3. The molecule has 2 fully saturated rings. The zero-order valence-corrected chi connectivity index (χ0v) is 23.7. The first kappa shape index (κ1) is 31.1. The number of hydrogen-bond donors (Lipinski definition) is 1. The smallest absolute Gasteiger partial charge is 0.382 e. The molecule has 0 spiro atoms. The molecule has 3 rings (SSSR count). The van der Waals surface area contributed by atoms with Crippen molar-refractivity contribution in [2.24, 2.45) is 0 Å². The first-order chi connectivity index (χ1) is 19.1. The summed E-state index contributed by atoms with van der Waals surface area (Å²) in [4.78, 5) is 63.8. The van der Waals surface area contributed by atoms with Crippen LogP contribution in [-0.4, -0.2) is 119 Å². The molecule has 13 heteroatoms. The molecule has 2 amide bonds. The first-order valence-electron chi connectivity index (χ1n) is 13.7. The molecule has 0 saturated carbocycles. The second-order valence-corrected chi connectivity index (χ2v) is 9.62. The Morgan fingerprint density at radius 1 is 0.850 bits per heavy atom. The van der Waals surface area contributed by atoms with Crippen LogP contribution in [0, 0.1) is 0 Å². The first-order valence-corrected chi connectivity index (χ1v) is 13.7. The summed E-state index contributed by atoms with van der Waals surface area (Å²) in [6.45, 7) is 10.5. The van der Waals surface area contributed by atoms with E-state index in [0.29, 0.717) is 45.0 Å². The normalized spacial score (nSPS) is 23.7. The molecular formula is C27H40N4O9. The molecule has 0 aliphatic carbocycles. The largest absolute Gasteiger partial charge is 0.483 e. The van der Waals surface area contributed by atoms with Crippen molar-refractivity contribution in [3.63, 3.8) is 0 Å². The van der Waals surface area contributed by atoms with E-state index in [9.17, 15) is 24.3 Å².